The molecule has 0 spiro atoms. The van der Waals surface area contributed by atoms with Crippen molar-refractivity contribution in [1.29, 1.82) is 0 Å². The van der Waals surface area contributed by atoms with E-state index in [2.05, 4.69) is 17.1 Å². The van der Waals surface area contributed by atoms with Gasteiger partial charge in [0.15, 0.2) is 23.0 Å². The lowest BCUT2D eigenvalue weighted by Crippen LogP contribution is -2.35. The molecule has 2 aliphatic rings. The summed E-state index contributed by atoms with van der Waals surface area (Å²) in [6, 6.07) is 22.9. The molecule has 0 fully saturated rings. The number of benzene rings is 4. The first-order chi connectivity index (χ1) is 22.4. The number of aliphatic imine (C=N–C) groups is 1. The number of amides is 1. The molecule has 46 heavy (non-hydrogen) atoms. The summed E-state index contributed by atoms with van der Waals surface area (Å²) >= 11 is 0. The average molecular weight is 625 g/mol. The maximum atomic E-state index is 11.5. The molecule has 6 rings (SSSR count). The zero-order chi connectivity index (χ0) is 32.6. The van der Waals surface area contributed by atoms with Gasteiger partial charge in [-0.05, 0) is 107 Å². The minimum Gasteiger partial charge on any atom is -0.504 e. The predicted molar refractivity (Wildman–Crippen MR) is 177 cm³/mol. The van der Waals surface area contributed by atoms with Crippen LogP contribution in [0.25, 0.3) is 0 Å². The smallest absolute Gasteiger partial charge is 0.210 e. The van der Waals surface area contributed by atoms with Crippen LogP contribution in [-0.2, 0) is 30.5 Å². The first kappa shape index (κ1) is 32.2. The van der Waals surface area contributed by atoms with Crippen LogP contribution >= 0.6 is 0 Å². The van der Waals surface area contributed by atoms with E-state index in [1.807, 2.05) is 41.3 Å². The number of methoxy groups -OCH3 is 4. The van der Waals surface area contributed by atoms with E-state index < -0.39 is 0 Å². The van der Waals surface area contributed by atoms with Crippen LogP contribution in [0.3, 0.4) is 0 Å². The molecule has 0 saturated carbocycles. The van der Waals surface area contributed by atoms with Gasteiger partial charge in [0.1, 0.15) is 11.5 Å². The van der Waals surface area contributed by atoms with E-state index in [1.165, 1.54) is 23.8 Å². The summed E-state index contributed by atoms with van der Waals surface area (Å²) in [6.07, 6.45) is 3.98. The number of hydrogen-bond acceptors (Lipinski definition) is 8. The van der Waals surface area contributed by atoms with E-state index in [4.69, 9.17) is 18.9 Å². The van der Waals surface area contributed by atoms with Gasteiger partial charge in [-0.1, -0.05) is 18.2 Å². The quantitative estimate of drug-likeness (QED) is 0.230. The van der Waals surface area contributed by atoms with Crippen LogP contribution in [0.2, 0.25) is 0 Å². The topological polar surface area (TPSA) is 110 Å². The molecule has 1 unspecified atom stereocenters. The van der Waals surface area contributed by atoms with Gasteiger partial charge in [0.25, 0.3) is 0 Å². The van der Waals surface area contributed by atoms with Gasteiger partial charge in [-0.2, -0.15) is 0 Å². The van der Waals surface area contributed by atoms with Gasteiger partial charge in [0.2, 0.25) is 6.41 Å². The maximum absolute atomic E-state index is 11.5. The second-order valence-electron chi connectivity index (χ2n) is 11.2. The third-order valence-corrected chi connectivity index (χ3v) is 8.48. The average Bonchev–Trinajstić information content (AvgIpc) is 3.08. The van der Waals surface area contributed by atoms with Crippen LogP contribution in [0, 0.1) is 0 Å². The second-order valence-corrected chi connectivity index (χ2v) is 11.2. The number of rotatable bonds is 9. The highest BCUT2D eigenvalue weighted by atomic mass is 16.5. The van der Waals surface area contributed by atoms with Crippen LogP contribution in [0.15, 0.2) is 77.8 Å². The van der Waals surface area contributed by atoms with Crippen LogP contribution < -0.4 is 18.9 Å². The standard InChI is InChI=1S/C19H21NO4.C18H19NO3/c1-23-15-4-5-16-14(11-15)7-8-20(12-21)17(16)9-13-3-6-19(24-2)18(22)10-13;1-21-14-4-5-15-13(11-14)7-8-19-16(15)9-12-3-6-18(22-2)17(20)10-12/h3-6,10-12,17,22H,7-9H2,1-2H3;3-6,10-11,20H,7-9H2,1-2H3. The van der Waals surface area contributed by atoms with Gasteiger partial charge in [0, 0.05) is 25.2 Å². The maximum Gasteiger partial charge on any atom is 0.210 e. The van der Waals surface area contributed by atoms with E-state index in [0.29, 0.717) is 30.9 Å². The third kappa shape index (κ3) is 7.20. The van der Waals surface area contributed by atoms with Gasteiger partial charge in [-0.25, -0.2) is 0 Å². The highest BCUT2D eigenvalue weighted by Gasteiger charge is 2.27. The Bertz CT molecular complexity index is 1720. The zero-order valence-corrected chi connectivity index (χ0v) is 26.7. The number of ether oxygens (including phenoxy) is 4. The Balaban J connectivity index is 0.000000182. The normalized spacial score (nSPS) is 14.9. The number of aromatic hydroxyl groups is 2. The summed E-state index contributed by atoms with van der Waals surface area (Å²) in [6.45, 7) is 1.47. The van der Waals surface area contributed by atoms with Crippen molar-refractivity contribution in [3.63, 3.8) is 0 Å². The first-order valence-electron chi connectivity index (χ1n) is 15.2. The lowest BCUT2D eigenvalue weighted by Gasteiger charge is -2.35. The summed E-state index contributed by atoms with van der Waals surface area (Å²) in [5.74, 6) is 2.90. The Morgan fingerprint density at radius 2 is 1.39 bits per heavy atom. The summed E-state index contributed by atoms with van der Waals surface area (Å²) in [4.78, 5) is 18.0. The Labute approximate surface area is 269 Å². The van der Waals surface area contributed by atoms with Crippen molar-refractivity contribution >= 4 is 12.1 Å². The van der Waals surface area contributed by atoms with Gasteiger partial charge < -0.3 is 34.1 Å². The monoisotopic (exact) mass is 624 g/mol. The van der Waals surface area contributed by atoms with E-state index in [-0.39, 0.29) is 17.5 Å². The Morgan fingerprint density at radius 3 is 2.02 bits per heavy atom. The molecular formula is C37H40N2O7. The van der Waals surface area contributed by atoms with Crippen LogP contribution in [0.4, 0.5) is 0 Å². The minimum atomic E-state index is -0.0510. The van der Waals surface area contributed by atoms with Gasteiger partial charge in [0.05, 0.1) is 34.5 Å². The number of nitrogens with zero attached hydrogens (tertiary/aromatic N) is 2. The predicted octanol–water partition coefficient (Wildman–Crippen LogP) is 5.71. The molecule has 2 heterocycles. The second kappa shape index (κ2) is 14.7. The van der Waals surface area contributed by atoms with Crippen molar-refractivity contribution in [3.8, 4) is 34.5 Å². The molecule has 0 aliphatic carbocycles. The molecule has 0 saturated heterocycles. The molecule has 9 nitrogen and oxygen atoms in total. The Hall–Kier alpha value is -5.18. The highest BCUT2D eigenvalue weighted by Crippen LogP contribution is 2.35. The zero-order valence-electron chi connectivity index (χ0n) is 26.7. The van der Waals surface area contributed by atoms with E-state index in [0.717, 1.165) is 59.7 Å². The van der Waals surface area contributed by atoms with E-state index in [9.17, 15) is 15.0 Å². The van der Waals surface area contributed by atoms with Crippen molar-refractivity contribution in [2.24, 2.45) is 4.99 Å². The van der Waals surface area contributed by atoms with Crippen molar-refractivity contribution < 1.29 is 34.0 Å². The van der Waals surface area contributed by atoms with Crippen LogP contribution in [0.5, 0.6) is 34.5 Å². The number of carbonyl (C=O) groups is 1. The molecule has 2 aliphatic heterocycles. The highest BCUT2D eigenvalue weighted by molar-refractivity contribution is 6.04. The molecule has 0 bridgehead atoms. The largest absolute Gasteiger partial charge is 0.504 e. The van der Waals surface area contributed by atoms with Crippen molar-refractivity contribution in [3.05, 3.63) is 106 Å². The molecule has 4 aromatic carbocycles. The number of phenols is 2. The molecule has 4 aromatic rings. The number of hydrogen-bond donors (Lipinski definition) is 2. The molecule has 240 valence electrons. The van der Waals surface area contributed by atoms with Crippen molar-refractivity contribution in [1.82, 2.24) is 4.90 Å². The van der Waals surface area contributed by atoms with Crippen molar-refractivity contribution in [2.45, 2.75) is 31.7 Å². The fraction of sp³-hybridized carbons (Fsp3) is 0.297. The van der Waals surface area contributed by atoms with Crippen LogP contribution in [-0.4, -0.2) is 68.8 Å². The molecule has 1 amide bonds. The lowest BCUT2D eigenvalue weighted by molar-refractivity contribution is -0.120. The Morgan fingerprint density at radius 1 is 0.761 bits per heavy atom. The first-order valence-corrected chi connectivity index (χ1v) is 15.2. The number of phenolic OH excluding ortho intramolecular Hbond substituents is 2. The van der Waals surface area contributed by atoms with Gasteiger partial charge in [-0.3, -0.25) is 9.79 Å². The van der Waals surface area contributed by atoms with Gasteiger partial charge in [-0.15, -0.1) is 0 Å². The van der Waals surface area contributed by atoms with Crippen LogP contribution in [0.1, 0.15) is 39.4 Å². The van der Waals surface area contributed by atoms with Gasteiger partial charge >= 0.3 is 0 Å². The molecule has 0 aromatic heterocycles. The molecule has 1 atom stereocenters. The SMILES string of the molecule is COc1ccc2c(c1)CCN(C=O)C2Cc1ccc(OC)c(O)c1.COc1ccc2c(c1)CCN=C2Cc1ccc(OC)c(O)c1. The molecular weight excluding hydrogens is 584 g/mol. The molecule has 0 radical (unpaired) electrons. The summed E-state index contributed by atoms with van der Waals surface area (Å²) in [5.41, 5.74) is 7.78. The fourth-order valence-corrected chi connectivity index (χ4v) is 6.05. The fourth-order valence-electron chi connectivity index (χ4n) is 6.05. The number of fused-ring (bicyclic) bond motifs is 2. The van der Waals surface area contributed by atoms with Crippen molar-refractivity contribution in [2.75, 3.05) is 41.5 Å². The minimum absolute atomic E-state index is 0.0510. The Kier molecular flexibility index (Phi) is 10.3. The third-order valence-electron chi connectivity index (χ3n) is 8.48. The number of carbonyl (C=O) groups excluding carboxylic acids is 1. The lowest BCUT2D eigenvalue weighted by atomic mass is 9.89. The summed E-state index contributed by atoms with van der Waals surface area (Å²) in [7, 11) is 6.40. The summed E-state index contributed by atoms with van der Waals surface area (Å²) < 4.78 is 20.7. The van der Waals surface area contributed by atoms with E-state index >= 15 is 0 Å². The molecule has 9 heteroatoms. The van der Waals surface area contributed by atoms with E-state index in [1.54, 1.807) is 45.6 Å². The molecule has 2 N–H and O–H groups in total. The summed E-state index contributed by atoms with van der Waals surface area (Å²) in [5, 5.41) is 19.9.